The lowest BCUT2D eigenvalue weighted by Gasteiger charge is -2.27. The summed E-state index contributed by atoms with van der Waals surface area (Å²) in [4.78, 5) is 26.2. The highest BCUT2D eigenvalue weighted by Crippen LogP contribution is 2.21. The van der Waals surface area contributed by atoms with Crippen LogP contribution in [0.5, 0.6) is 5.75 Å². The molecular weight excluding hydrogens is 346 g/mol. The smallest absolute Gasteiger partial charge is 0.359 e. The number of aryl methyl sites for hydroxylation is 1. The van der Waals surface area contributed by atoms with E-state index in [0.29, 0.717) is 25.3 Å². The highest BCUT2D eigenvalue weighted by Gasteiger charge is 2.28. The normalized spacial score (nSPS) is 13.2. The average Bonchev–Trinajstić information content (AvgIpc) is 3.11. The number of nitrogens with zero attached hydrogens (tertiary/aromatic N) is 2. The first kappa shape index (κ1) is 18.9. The van der Waals surface area contributed by atoms with E-state index in [9.17, 15) is 9.59 Å². The summed E-state index contributed by atoms with van der Waals surface area (Å²) in [5.41, 5.74) is 3.13. The summed E-state index contributed by atoms with van der Waals surface area (Å²) in [6, 6.07) is 7.82. The Morgan fingerprint density at radius 2 is 2.00 bits per heavy atom. The zero-order valence-electron chi connectivity index (χ0n) is 15.8. The third kappa shape index (κ3) is 4.48. The third-order valence-electron chi connectivity index (χ3n) is 4.58. The fraction of sp³-hybridized carbons (Fsp3) is 0.450. The number of nitrogens with one attached hydrogen (secondary N) is 1. The molecule has 2 heterocycles. The number of carbonyl (C=O) groups excluding carboxylic acids is 2. The summed E-state index contributed by atoms with van der Waals surface area (Å²) >= 11 is 0. The van der Waals surface area contributed by atoms with E-state index in [4.69, 9.17) is 9.47 Å². The van der Waals surface area contributed by atoms with Gasteiger partial charge in [-0.05, 0) is 31.0 Å². The molecule has 3 rings (SSSR count). The third-order valence-corrected chi connectivity index (χ3v) is 4.58. The van der Waals surface area contributed by atoms with Crippen LogP contribution < -0.4 is 4.74 Å². The molecule has 0 spiro atoms. The highest BCUT2D eigenvalue weighted by atomic mass is 16.5. The quantitative estimate of drug-likeness (QED) is 0.756. The summed E-state index contributed by atoms with van der Waals surface area (Å²) in [7, 11) is 0. The number of benzene rings is 1. The van der Waals surface area contributed by atoms with Crippen molar-refractivity contribution in [3.63, 3.8) is 0 Å². The molecule has 0 saturated heterocycles. The zero-order valence-corrected chi connectivity index (χ0v) is 15.8. The molecule has 0 radical (unpaired) electrons. The Balaban J connectivity index is 1.59. The number of rotatable bonds is 7. The number of carbonyl (C=O) groups is 2. The molecule has 1 amide bonds. The maximum absolute atomic E-state index is 12.5. The van der Waals surface area contributed by atoms with E-state index in [-0.39, 0.29) is 24.8 Å². The predicted octanol–water partition coefficient (Wildman–Crippen LogP) is 2.50. The van der Waals surface area contributed by atoms with Crippen molar-refractivity contribution in [2.24, 2.45) is 0 Å². The molecule has 0 fully saturated rings. The molecule has 1 aromatic heterocycles. The predicted molar refractivity (Wildman–Crippen MR) is 99.6 cm³/mol. The summed E-state index contributed by atoms with van der Waals surface area (Å²) in [5, 5.41) is 6.94. The van der Waals surface area contributed by atoms with Gasteiger partial charge in [0.05, 0.1) is 13.2 Å². The molecule has 7 nitrogen and oxygen atoms in total. The van der Waals surface area contributed by atoms with Gasteiger partial charge in [-0.3, -0.25) is 9.89 Å². The van der Waals surface area contributed by atoms with Crippen LogP contribution >= 0.6 is 0 Å². The number of ether oxygens (including phenoxy) is 2. The fourth-order valence-electron chi connectivity index (χ4n) is 3.15. The molecule has 27 heavy (non-hydrogen) atoms. The number of aromatic nitrogens is 2. The maximum Gasteiger partial charge on any atom is 0.359 e. The molecule has 1 aliphatic heterocycles. The van der Waals surface area contributed by atoms with Crippen molar-refractivity contribution in [2.75, 3.05) is 19.8 Å². The second kappa shape index (κ2) is 8.70. The van der Waals surface area contributed by atoms with Crippen LogP contribution in [0, 0.1) is 0 Å². The van der Waals surface area contributed by atoms with Gasteiger partial charge in [0.25, 0.3) is 5.91 Å². The van der Waals surface area contributed by atoms with E-state index in [1.165, 1.54) is 5.56 Å². The molecular formula is C20H25N3O4. The minimum atomic E-state index is -0.465. The van der Waals surface area contributed by atoms with E-state index < -0.39 is 5.97 Å². The van der Waals surface area contributed by atoms with Crippen molar-refractivity contribution < 1.29 is 19.1 Å². The van der Waals surface area contributed by atoms with Crippen molar-refractivity contribution in [1.29, 1.82) is 0 Å². The second-order valence-corrected chi connectivity index (χ2v) is 6.50. The summed E-state index contributed by atoms with van der Waals surface area (Å²) in [6.45, 7) is 5.04. The minimum Gasteiger partial charge on any atom is -0.484 e. The van der Waals surface area contributed by atoms with E-state index in [2.05, 4.69) is 17.1 Å². The first-order valence-electron chi connectivity index (χ1n) is 9.35. The lowest BCUT2D eigenvalue weighted by atomic mass is 10.1. The van der Waals surface area contributed by atoms with Crippen LogP contribution in [0.25, 0.3) is 0 Å². The van der Waals surface area contributed by atoms with Gasteiger partial charge >= 0.3 is 5.97 Å². The van der Waals surface area contributed by atoms with Crippen LogP contribution in [-0.4, -0.2) is 46.7 Å². The highest BCUT2D eigenvalue weighted by molar-refractivity contribution is 5.89. The molecule has 1 N–H and O–H groups in total. The standard InChI is InChI=1S/C20H25N3O4/c1-3-5-14-6-8-15(9-7-14)27-13-18(24)23-11-10-17-16(12-23)19(22-21-17)20(25)26-4-2/h6-9H,3-5,10-13H2,1-2H3,(H,21,22). The van der Waals surface area contributed by atoms with Gasteiger partial charge in [-0.25, -0.2) is 4.79 Å². The lowest BCUT2D eigenvalue weighted by molar-refractivity contribution is -0.134. The Hall–Kier alpha value is -2.83. The van der Waals surface area contributed by atoms with Crippen molar-refractivity contribution in [3.8, 4) is 5.75 Å². The lowest BCUT2D eigenvalue weighted by Crippen LogP contribution is -2.39. The van der Waals surface area contributed by atoms with Crippen LogP contribution in [-0.2, 0) is 28.9 Å². The van der Waals surface area contributed by atoms with E-state index >= 15 is 0 Å². The number of amides is 1. The van der Waals surface area contributed by atoms with Gasteiger partial charge in [0.15, 0.2) is 12.3 Å². The molecule has 1 aromatic carbocycles. The van der Waals surface area contributed by atoms with Crippen LogP contribution in [0.3, 0.4) is 0 Å². The number of H-pyrrole nitrogens is 1. The largest absolute Gasteiger partial charge is 0.484 e. The van der Waals surface area contributed by atoms with Crippen LogP contribution in [0.15, 0.2) is 24.3 Å². The Morgan fingerprint density at radius 3 is 2.70 bits per heavy atom. The van der Waals surface area contributed by atoms with Crippen molar-refractivity contribution >= 4 is 11.9 Å². The molecule has 0 saturated carbocycles. The van der Waals surface area contributed by atoms with Gasteiger partial charge in [0, 0.05) is 24.2 Å². The number of fused-ring (bicyclic) bond motifs is 1. The Bertz CT molecular complexity index is 798. The van der Waals surface area contributed by atoms with Gasteiger partial charge in [0.1, 0.15) is 5.75 Å². The van der Waals surface area contributed by atoms with Crippen molar-refractivity contribution in [2.45, 2.75) is 39.7 Å². The maximum atomic E-state index is 12.5. The van der Waals surface area contributed by atoms with Crippen LogP contribution in [0.1, 0.15) is 47.6 Å². The van der Waals surface area contributed by atoms with Crippen molar-refractivity contribution in [3.05, 3.63) is 46.8 Å². The molecule has 0 atom stereocenters. The molecule has 2 aromatic rings. The molecule has 0 aliphatic carbocycles. The summed E-state index contributed by atoms with van der Waals surface area (Å²) < 4.78 is 10.7. The zero-order chi connectivity index (χ0) is 19.2. The van der Waals surface area contributed by atoms with Gasteiger partial charge in [-0.2, -0.15) is 5.10 Å². The first-order chi connectivity index (χ1) is 13.1. The Kier molecular flexibility index (Phi) is 6.11. The molecule has 144 valence electrons. The van der Waals surface area contributed by atoms with Gasteiger partial charge < -0.3 is 14.4 Å². The van der Waals surface area contributed by atoms with Crippen LogP contribution in [0.2, 0.25) is 0 Å². The Labute approximate surface area is 158 Å². The SMILES string of the molecule is CCCc1ccc(OCC(=O)N2CCc3[nH]nc(C(=O)OCC)c3C2)cc1. The number of hydrogen-bond donors (Lipinski definition) is 1. The van der Waals surface area contributed by atoms with E-state index in [0.717, 1.165) is 24.1 Å². The number of esters is 1. The van der Waals surface area contributed by atoms with Gasteiger partial charge in [-0.15, -0.1) is 0 Å². The average molecular weight is 371 g/mol. The van der Waals surface area contributed by atoms with Gasteiger partial charge in [0.2, 0.25) is 0 Å². The molecule has 1 aliphatic rings. The Morgan fingerprint density at radius 1 is 1.22 bits per heavy atom. The first-order valence-corrected chi connectivity index (χ1v) is 9.35. The van der Waals surface area contributed by atoms with Crippen molar-refractivity contribution in [1.82, 2.24) is 15.1 Å². The summed E-state index contributed by atoms with van der Waals surface area (Å²) in [6.07, 6.45) is 2.75. The molecule has 7 heteroatoms. The molecule has 0 unspecified atom stereocenters. The van der Waals surface area contributed by atoms with Crippen LogP contribution in [0.4, 0.5) is 0 Å². The van der Waals surface area contributed by atoms with E-state index in [1.54, 1.807) is 11.8 Å². The second-order valence-electron chi connectivity index (χ2n) is 6.50. The van der Waals surface area contributed by atoms with Gasteiger partial charge in [-0.1, -0.05) is 25.5 Å². The van der Waals surface area contributed by atoms with E-state index in [1.807, 2.05) is 24.3 Å². The minimum absolute atomic E-state index is 0.0327. The fourth-order valence-corrected chi connectivity index (χ4v) is 3.15. The monoisotopic (exact) mass is 371 g/mol. The number of aromatic amines is 1. The number of hydrogen-bond acceptors (Lipinski definition) is 5. The summed E-state index contributed by atoms with van der Waals surface area (Å²) in [5.74, 6) is 0.0958. The molecule has 0 bridgehead atoms. The topological polar surface area (TPSA) is 84.5 Å².